The number of nitrogens with one attached hydrogen (secondary N) is 1. The second-order valence-electron chi connectivity index (χ2n) is 4.88. The van der Waals surface area contributed by atoms with E-state index in [1.54, 1.807) is 18.4 Å². The van der Waals surface area contributed by atoms with Gasteiger partial charge < -0.3 is 19.5 Å². The van der Waals surface area contributed by atoms with E-state index in [0.717, 1.165) is 36.6 Å². The van der Waals surface area contributed by atoms with Crippen LogP contribution in [-0.4, -0.2) is 26.9 Å². The van der Waals surface area contributed by atoms with Gasteiger partial charge in [0.05, 0.1) is 7.11 Å². The van der Waals surface area contributed by atoms with Crippen LogP contribution in [0.3, 0.4) is 0 Å². The van der Waals surface area contributed by atoms with Gasteiger partial charge in [0.1, 0.15) is 13.2 Å². The molecule has 0 saturated heterocycles. The zero-order chi connectivity index (χ0) is 14.5. The third-order valence-corrected chi connectivity index (χ3v) is 4.12. The van der Waals surface area contributed by atoms with Gasteiger partial charge in [-0.15, -0.1) is 0 Å². The lowest BCUT2D eigenvalue weighted by Crippen LogP contribution is -2.18. The van der Waals surface area contributed by atoms with Crippen LogP contribution >= 0.6 is 11.3 Å². The molecule has 21 heavy (non-hydrogen) atoms. The Bertz CT molecular complexity index is 566. The zero-order valence-electron chi connectivity index (χ0n) is 12.1. The molecule has 112 valence electrons. The number of hydrogen-bond donors (Lipinski definition) is 1. The summed E-state index contributed by atoms with van der Waals surface area (Å²) in [6, 6.07) is 6.19. The van der Waals surface area contributed by atoms with Crippen LogP contribution in [0.2, 0.25) is 0 Å². The van der Waals surface area contributed by atoms with Gasteiger partial charge in [-0.05, 0) is 53.1 Å². The molecule has 0 radical (unpaired) electrons. The minimum atomic E-state index is 0.571. The van der Waals surface area contributed by atoms with Crippen molar-refractivity contribution in [3.8, 4) is 17.2 Å². The van der Waals surface area contributed by atoms with E-state index in [4.69, 9.17) is 14.2 Å². The molecule has 2 aromatic rings. The largest absolute Gasteiger partial charge is 0.493 e. The van der Waals surface area contributed by atoms with Gasteiger partial charge in [-0.2, -0.15) is 11.3 Å². The van der Waals surface area contributed by atoms with E-state index < -0.39 is 0 Å². The highest BCUT2D eigenvalue weighted by Crippen LogP contribution is 2.40. The summed E-state index contributed by atoms with van der Waals surface area (Å²) < 4.78 is 16.6. The second kappa shape index (κ2) is 6.83. The first-order valence-corrected chi connectivity index (χ1v) is 7.99. The molecular formula is C16H19NO3S. The first-order valence-electron chi connectivity index (χ1n) is 7.05. The van der Waals surface area contributed by atoms with Gasteiger partial charge in [0, 0.05) is 6.54 Å². The smallest absolute Gasteiger partial charge is 0.203 e. The van der Waals surface area contributed by atoms with Crippen molar-refractivity contribution >= 4 is 11.3 Å². The first-order chi connectivity index (χ1) is 10.4. The minimum Gasteiger partial charge on any atom is -0.493 e. The summed E-state index contributed by atoms with van der Waals surface area (Å²) in [6.45, 7) is 2.90. The van der Waals surface area contributed by atoms with E-state index in [0.29, 0.717) is 19.0 Å². The number of methoxy groups -OCH3 is 1. The van der Waals surface area contributed by atoms with Crippen molar-refractivity contribution in [2.45, 2.75) is 13.0 Å². The van der Waals surface area contributed by atoms with Crippen molar-refractivity contribution < 1.29 is 14.2 Å². The van der Waals surface area contributed by atoms with Gasteiger partial charge in [0.2, 0.25) is 5.75 Å². The second-order valence-corrected chi connectivity index (χ2v) is 5.66. The van der Waals surface area contributed by atoms with Crippen LogP contribution in [-0.2, 0) is 13.0 Å². The number of thiophene rings is 1. The molecule has 2 heterocycles. The Hall–Kier alpha value is -1.72. The van der Waals surface area contributed by atoms with Gasteiger partial charge in [0.25, 0.3) is 0 Å². The summed E-state index contributed by atoms with van der Waals surface area (Å²) in [4.78, 5) is 0. The summed E-state index contributed by atoms with van der Waals surface area (Å²) in [5.41, 5.74) is 2.52. The molecule has 0 fully saturated rings. The van der Waals surface area contributed by atoms with Crippen LogP contribution in [0.25, 0.3) is 0 Å². The Labute approximate surface area is 128 Å². The summed E-state index contributed by atoms with van der Waals surface area (Å²) in [6.07, 6.45) is 1.05. The molecule has 3 rings (SSSR count). The van der Waals surface area contributed by atoms with E-state index in [9.17, 15) is 0 Å². The molecule has 4 nitrogen and oxygen atoms in total. The predicted molar refractivity (Wildman–Crippen MR) is 83.7 cm³/mol. The number of ether oxygens (including phenoxy) is 3. The maximum Gasteiger partial charge on any atom is 0.203 e. The molecule has 0 amide bonds. The van der Waals surface area contributed by atoms with E-state index in [2.05, 4.69) is 22.1 Å². The Balaban J connectivity index is 1.60. The van der Waals surface area contributed by atoms with E-state index in [1.807, 2.05) is 12.1 Å². The lowest BCUT2D eigenvalue weighted by Gasteiger charge is -2.21. The van der Waals surface area contributed by atoms with Crippen molar-refractivity contribution in [2.24, 2.45) is 0 Å². The third kappa shape index (κ3) is 3.49. The van der Waals surface area contributed by atoms with Gasteiger partial charge in [-0.1, -0.05) is 0 Å². The Morgan fingerprint density at radius 1 is 1.24 bits per heavy atom. The topological polar surface area (TPSA) is 39.7 Å². The van der Waals surface area contributed by atoms with Gasteiger partial charge in [-0.3, -0.25) is 0 Å². The molecule has 0 bridgehead atoms. The molecule has 1 aliphatic heterocycles. The van der Waals surface area contributed by atoms with Gasteiger partial charge >= 0.3 is 0 Å². The average Bonchev–Trinajstić information content (AvgIpc) is 3.04. The number of rotatable bonds is 6. The molecule has 0 saturated carbocycles. The summed E-state index contributed by atoms with van der Waals surface area (Å²) in [7, 11) is 1.65. The highest BCUT2D eigenvalue weighted by Gasteiger charge is 2.18. The van der Waals surface area contributed by atoms with Crippen molar-refractivity contribution in [1.82, 2.24) is 5.32 Å². The molecule has 1 aromatic heterocycles. The average molecular weight is 305 g/mol. The fourth-order valence-corrected chi connectivity index (χ4v) is 3.03. The van der Waals surface area contributed by atoms with Gasteiger partial charge in [0.15, 0.2) is 11.5 Å². The molecule has 0 aliphatic carbocycles. The lowest BCUT2D eigenvalue weighted by molar-refractivity contribution is 0.165. The van der Waals surface area contributed by atoms with Crippen molar-refractivity contribution in [1.29, 1.82) is 0 Å². The Morgan fingerprint density at radius 3 is 2.95 bits per heavy atom. The van der Waals surface area contributed by atoms with Crippen LogP contribution < -0.4 is 19.5 Å². The maximum atomic E-state index is 5.64. The van der Waals surface area contributed by atoms with Crippen molar-refractivity contribution in [3.63, 3.8) is 0 Å². The van der Waals surface area contributed by atoms with Gasteiger partial charge in [-0.25, -0.2) is 0 Å². The normalized spacial score (nSPS) is 13.2. The molecule has 1 aliphatic rings. The monoisotopic (exact) mass is 305 g/mol. The molecule has 1 N–H and O–H groups in total. The van der Waals surface area contributed by atoms with Crippen molar-refractivity contribution in [3.05, 3.63) is 40.1 Å². The summed E-state index contributed by atoms with van der Waals surface area (Å²) in [5.74, 6) is 2.22. The van der Waals surface area contributed by atoms with E-state index >= 15 is 0 Å². The third-order valence-electron chi connectivity index (χ3n) is 3.39. The molecule has 5 heteroatoms. The predicted octanol–water partition coefficient (Wildman–Crippen LogP) is 2.86. The highest BCUT2D eigenvalue weighted by molar-refractivity contribution is 7.07. The summed E-state index contributed by atoms with van der Waals surface area (Å²) >= 11 is 1.74. The Morgan fingerprint density at radius 2 is 2.14 bits per heavy atom. The molecule has 0 spiro atoms. The zero-order valence-corrected chi connectivity index (χ0v) is 12.9. The Kier molecular flexibility index (Phi) is 4.62. The van der Waals surface area contributed by atoms with Crippen LogP contribution in [0.4, 0.5) is 0 Å². The van der Waals surface area contributed by atoms with Crippen molar-refractivity contribution in [2.75, 3.05) is 26.9 Å². The van der Waals surface area contributed by atoms with E-state index in [1.165, 1.54) is 5.56 Å². The quantitative estimate of drug-likeness (QED) is 0.833. The number of fused-ring (bicyclic) bond motifs is 1. The van der Waals surface area contributed by atoms with Crippen LogP contribution in [0.15, 0.2) is 29.0 Å². The SMILES string of the molecule is COc1cc(CNCCc2ccsc2)cc2c1OCCO2. The minimum absolute atomic E-state index is 0.571. The molecule has 0 unspecified atom stereocenters. The summed E-state index contributed by atoms with van der Waals surface area (Å²) in [5, 5.41) is 7.75. The highest BCUT2D eigenvalue weighted by atomic mass is 32.1. The first kappa shape index (κ1) is 14.2. The fraction of sp³-hybridized carbons (Fsp3) is 0.375. The molecule has 1 aromatic carbocycles. The lowest BCUT2D eigenvalue weighted by atomic mass is 10.1. The van der Waals surface area contributed by atoms with E-state index in [-0.39, 0.29) is 0 Å². The number of hydrogen-bond acceptors (Lipinski definition) is 5. The molecule has 0 atom stereocenters. The molecular weight excluding hydrogens is 286 g/mol. The van der Waals surface area contributed by atoms with Crippen LogP contribution in [0.1, 0.15) is 11.1 Å². The van der Waals surface area contributed by atoms with Crippen LogP contribution in [0.5, 0.6) is 17.2 Å². The van der Waals surface area contributed by atoms with Crippen LogP contribution in [0, 0.1) is 0 Å². The number of benzene rings is 1. The maximum absolute atomic E-state index is 5.64. The standard InChI is InChI=1S/C16H19NO3S/c1-18-14-8-13(9-15-16(14)20-6-5-19-15)10-17-4-2-12-3-7-21-11-12/h3,7-9,11,17H,2,4-6,10H2,1H3. The fourth-order valence-electron chi connectivity index (χ4n) is 2.33.